The second kappa shape index (κ2) is 5.83. The lowest BCUT2D eigenvalue weighted by molar-refractivity contribution is 0.111. The molecule has 0 aliphatic rings. The van der Waals surface area contributed by atoms with Crippen molar-refractivity contribution in [2.24, 2.45) is 0 Å². The van der Waals surface area contributed by atoms with E-state index in [9.17, 15) is 4.79 Å². The molecular weight excluding hydrogens is 292 g/mol. The van der Waals surface area contributed by atoms with E-state index in [1.165, 1.54) is 0 Å². The zero-order valence-electron chi connectivity index (χ0n) is 10.0. The van der Waals surface area contributed by atoms with Crippen molar-refractivity contribution >= 4 is 22.2 Å². The minimum Gasteiger partial charge on any atom is -0.488 e. The predicted molar refractivity (Wildman–Crippen MR) is 75.0 cm³/mol. The molecule has 0 spiro atoms. The summed E-state index contributed by atoms with van der Waals surface area (Å²) in [5.74, 6) is 0.656. The fraction of sp³-hybridized carbons (Fsp3) is 0.133. The van der Waals surface area contributed by atoms with Gasteiger partial charge in [0.25, 0.3) is 0 Å². The molecule has 0 heterocycles. The lowest BCUT2D eigenvalue weighted by atomic mass is 10.1. The molecule has 2 aromatic rings. The Kier molecular flexibility index (Phi) is 4.15. The van der Waals surface area contributed by atoms with Crippen LogP contribution < -0.4 is 4.74 Å². The molecule has 0 saturated carbocycles. The average Bonchev–Trinajstić information content (AvgIpc) is 2.39. The van der Waals surface area contributed by atoms with Gasteiger partial charge in [-0.1, -0.05) is 46.3 Å². The average molecular weight is 305 g/mol. The van der Waals surface area contributed by atoms with Gasteiger partial charge in [-0.2, -0.15) is 0 Å². The number of ether oxygens (including phenoxy) is 1. The van der Waals surface area contributed by atoms with Crippen LogP contribution in [0.2, 0.25) is 0 Å². The third kappa shape index (κ3) is 2.79. The first-order valence-electron chi connectivity index (χ1n) is 5.63. The number of halogens is 1. The van der Waals surface area contributed by atoms with Crippen molar-refractivity contribution in [3.63, 3.8) is 0 Å². The molecule has 0 fully saturated rings. The van der Waals surface area contributed by atoms with Crippen molar-refractivity contribution in [3.8, 4) is 5.75 Å². The molecule has 0 bridgehead atoms. The van der Waals surface area contributed by atoms with E-state index < -0.39 is 0 Å². The Hall–Kier alpha value is -1.61. The Bertz CT molecular complexity index is 564. The first-order chi connectivity index (χ1) is 8.72. The molecule has 18 heavy (non-hydrogen) atoms. The van der Waals surface area contributed by atoms with Crippen LogP contribution in [0.15, 0.2) is 46.9 Å². The summed E-state index contributed by atoms with van der Waals surface area (Å²) >= 11 is 3.47. The molecule has 2 nitrogen and oxygen atoms in total. The Morgan fingerprint density at radius 3 is 2.67 bits per heavy atom. The number of aryl methyl sites for hydroxylation is 1. The summed E-state index contributed by atoms with van der Waals surface area (Å²) in [6.07, 6.45) is 0.822. The third-order valence-electron chi connectivity index (χ3n) is 2.70. The molecule has 92 valence electrons. The number of rotatable bonds is 4. The van der Waals surface area contributed by atoms with Gasteiger partial charge in [0.05, 0.1) is 5.56 Å². The normalized spacial score (nSPS) is 10.1. The smallest absolute Gasteiger partial charge is 0.153 e. The van der Waals surface area contributed by atoms with Crippen LogP contribution in [0.5, 0.6) is 5.75 Å². The highest BCUT2D eigenvalue weighted by Gasteiger charge is 2.07. The molecule has 0 aliphatic heterocycles. The van der Waals surface area contributed by atoms with Gasteiger partial charge >= 0.3 is 0 Å². The van der Waals surface area contributed by atoms with Crippen LogP contribution in [-0.2, 0) is 6.61 Å². The molecule has 2 aromatic carbocycles. The van der Waals surface area contributed by atoms with Crippen molar-refractivity contribution in [2.75, 3.05) is 0 Å². The number of para-hydroxylation sites is 1. The first kappa shape index (κ1) is 12.8. The standard InChI is InChI=1S/C15H13BrO2/c1-11-5-4-7-12(9-17)15(11)18-10-13-6-2-3-8-14(13)16/h2-9H,10H2,1H3. The monoisotopic (exact) mass is 304 g/mol. The van der Waals surface area contributed by atoms with E-state index in [0.717, 1.165) is 21.9 Å². The summed E-state index contributed by atoms with van der Waals surface area (Å²) in [7, 11) is 0. The van der Waals surface area contributed by atoms with Crippen molar-refractivity contribution in [1.29, 1.82) is 0 Å². The second-order valence-corrected chi connectivity index (χ2v) is 4.85. The van der Waals surface area contributed by atoms with Gasteiger partial charge in [-0.25, -0.2) is 0 Å². The third-order valence-corrected chi connectivity index (χ3v) is 3.47. The van der Waals surface area contributed by atoms with E-state index >= 15 is 0 Å². The van der Waals surface area contributed by atoms with Gasteiger partial charge in [0, 0.05) is 10.0 Å². The topological polar surface area (TPSA) is 26.3 Å². The SMILES string of the molecule is Cc1cccc(C=O)c1OCc1ccccc1Br. The summed E-state index contributed by atoms with van der Waals surface area (Å²) in [5.41, 5.74) is 2.60. The van der Waals surface area contributed by atoms with Gasteiger partial charge in [-0.15, -0.1) is 0 Å². The number of hydrogen-bond acceptors (Lipinski definition) is 2. The fourth-order valence-corrected chi connectivity index (χ4v) is 2.13. The summed E-state index contributed by atoms with van der Waals surface area (Å²) in [5, 5.41) is 0. The maximum Gasteiger partial charge on any atom is 0.153 e. The zero-order chi connectivity index (χ0) is 13.0. The predicted octanol–water partition coefficient (Wildman–Crippen LogP) is 4.15. The number of benzene rings is 2. The Morgan fingerprint density at radius 1 is 1.17 bits per heavy atom. The zero-order valence-corrected chi connectivity index (χ0v) is 11.6. The number of carbonyl (C=O) groups is 1. The fourth-order valence-electron chi connectivity index (χ4n) is 1.73. The van der Waals surface area contributed by atoms with Crippen molar-refractivity contribution in [2.45, 2.75) is 13.5 Å². The van der Waals surface area contributed by atoms with Crippen LogP contribution in [0.1, 0.15) is 21.5 Å². The van der Waals surface area contributed by atoms with Crippen LogP contribution in [0.25, 0.3) is 0 Å². The molecule has 0 radical (unpaired) electrons. The highest BCUT2D eigenvalue weighted by molar-refractivity contribution is 9.10. The van der Waals surface area contributed by atoms with E-state index in [0.29, 0.717) is 17.9 Å². The lowest BCUT2D eigenvalue weighted by Gasteiger charge is -2.12. The number of hydrogen-bond donors (Lipinski definition) is 0. The Labute approximate surface area is 115 Å². The van der Waals surface area contributed by atoms with Gasteiger partial charge in [-0.05, 0) is 24.6 Å². The lowest BCUT2D eigenvalue weighted by Crippen LogP contribution is -2.00. The molecule has 0 N–H and O–H groups in total. The van der Waals surface area contributed by atoms with Crippen LogP contribution in [0, 0.1) is 6.92 Å². The largest absolute Gasteiger partial charge is 0.488 e. The highest BCUT2D eigenvalue weighted by atomic mass is 79.9. The van der Waals surface area contributed by atoms with Crippen molar-refractivity contribution in [1.82, 2.24) is 0 Å². The quantitative estimate of drug-likeness (QED) is 0.793. The minimum absolute atomic E-state index is 0.438. The van der Waals surface area contributed by atoms with E-state index in [-0.39, 0.29) is 0 Å². The molecule has 0 unspecified atom stereocenters. The Morgan fingerprint density at radius 2 is 1.94 bits per heavy atom. The van der Waals surface area contributed by atoms with Gasteiger partial charge in [-0.3, -0.25) is 4.79 Å². The van der Waals surface area contributed by atoms with Gasteiger partial charge < -0.3 is 4.74 Å². The van der Waals surface area contributed by atoms with E-state index in [2.05, 4.69) is 15.9 Å². The Balaban J connectivity index is 2.21. The molecule has 0 amide bonds. The van der Waals surface area contributed by atoms with E-state index in [1.54, 1.807) is 6.07 Å². The van der Waals surface area contributed by atoms with Crippen molar-refractivity contribution < 1.29 is 9.53 Å². The maximum atomic E-state index is 11.0. The van der Waals surface area contributed by atoms with Crippen molar-refractivity contribution in [3.05, 3.63) is 63.6 Å². The minimum atomic E-state index is 0.438. The molecule has 0 aromatic heterocycles. The summed E-state index contributed by atoms with van der Waals surface area (Å²) < 4.78 is 6.77. The second-order valence-electron chi connectivity index (χ2n) is 3.99. The maximum absolute atomic E-state index is 11.0. The van der Waals surface area contributed by atoms with Crippen LogP contribution in [0.4, 0.5) is 0 Å². The molecular formula is C15H13BrO2. The molecule has 3 heteroatoms. The molecule has 0 atom stereocenters. The van der Waals surface area contributed by atoms with Crippen LogP contribution >= 0.6 is 15.9 Å². The van der Waals surface area contributed by atoms with Gasteiger partial charge in [0.1, 0.15) is 12.4 Å². The highest BCUT2D eigenvalue weighted by Crippen LogP contribution is 2.24. The molecule has 2 rings (SSSR count). The first-order valence-corrected chi connectivity index (χ1v) is 6.42. The van der Waals surface area contributed by atoms with Gasteiger partial charge in [0.2, 0.25) is 0 Å². The number of aldehydes is 1. The van der Waals surface area contributed by atoms with E-state index in [4.69, 9.17) is 4.74 Å². The van der Waals surface area contributed by atoms with Gasteiger partial charge in [0.15, 0.2) is 6.29 Å². The summed E-state index contributed by atoms with van der Waals surface area (Å²) in [6.45, 7) is 2.37. The van der Waals surface area contributed by atoms with E-state index in [1.807, 2.05) is 43.3 Å². The molecule has 0 aliphatic carbocycles. The van der Waals surface area contributed by atoms with Crippen LogP contribution in [-0.4, -0.2) is 6.29 Å². The summed E-state index contributed by atoms with van der Waals surface area (Å²) in [6, 6.07) is 13.4. The summed E-state index contributed by atoms with van der Waals surface area (Å²) in [4.78, 5) is 11.0. The number of carbonyl (C=O) groups excluding carboxylic acids is 1. The molecule has 0 saturated heterocycles. The van der Waals surface area contributed by atoms with Crippen LogP contribution in [0.3, 0.4) is 0 Å².